The number of carbonyl (C=O) groups excluding carboxylic acids is 1. The zero-order chi connectivity index (χ0) is 17.8. The van der Waals surface area contributed by atoms with Crippen LogP contribution in [-0.4, -0.2) is 22.0 Å². The fraction of sp³-hybridized carbons (Fsp3) is 0.222. The molecule has 1 aromatic carbocycles. The number of fused-ring (bicyclic) bond motifs is 1. The van der Waals surface area contributed by atoms with E-state index in [1.165, 1.54) is 22.7 Å². The minimum absolute atomic E-state index is 0.0562. The zero-order valence-electron chi connectivity index (χ0n) is 13.9. The van der Waals surface area contributed by atoms with Crippen molar-refractivity contribution in [3.63, 3.8) is 0 Å². The van der Waals surface area contributed by atoms with Crippen molar-refractivity contribution in [2.24, 2.45) is 10.2 Å². The molecule has 25 heavy (non-hydrogen) atoms. The number of aryl methyl sites for hydroxylation is 1. The van der Waals surface area contributed by atoms with Crippen molar-refractivity contribution in [2.75, 3.05) is 6.61 Å². The Hall–Kier alpha value is -3.09. The van der Waals surface area contributed by atoms with Crippen LogP contribution in [0, 0.1) is 12.7 Å². The van der Waals surface area contributed by atoms with Gasteiger partial charge in [0.1, 0.15) is 11.5 Å². The molecule has 0 unspecified atom stereocenters. The SMILES string of the molecule is CCOC(=O)Cc1nc2ccc(F)cn2c1N=Nc1cccc(C)c1. The number of hydrogen-bond donors (Lipinski definition) is 0. The highest BCUT2D eigenvalue weighted by molar-refractivity contribution is 5.74. The second-order valence-corrected chi connectivity index (χ2v) is 5.48. The molecule has 3 aromatic rings. The van der Waals surface area contributed by atoms with E-state index in [4.69, 9.17) is 4.74 Å². The van der Waals surface area contributed by atoms with Crippen molar-refractivity contribution in [1.82, 2.24) is 9.38 Å². The zero-order valence-corrected chi connectivity index (χ0v) is 13.9. The summed E-state index contributed by atoms with van der Waals surface area (Å²) in [5.41, 5.74) is 2.58. The molecular formula is C18H17FN4O2. The van der Waals surface area contributed by atoms with E-state index in [9.17, 15) is 9.18 Å². The molecule has 0 N–H and O–H groups in total. The molecule has 3 rings (SSSR count). The van der Waals surface area contributed by atoms with Gasteiger partial charge in [0, 0.05) is 6.20 Å². The van der Waals surface area contributed by atoms with Crippen LogP contribution in [0.2, 0.25) is 0 Å². The number of rotatable bonds is 5. The molecule has 0 aliphatic heterocycles. The lowest BCUT2D eigenvalue weighted by Gasteiger charge is -2.01. The van der Waals surface area contributed by atoms with Crippen LogP contribution in [0.25, 0.3) is 5.65 Å². The first-order valence-electron chi connectivity index (χ1n) is 7.87. The third-order valence-corrected chi connectivity index (χ3v) is 3.51. The van der Waals surface area contributed by atoms with E-state index in [1.54, 1.807) is 6.92 Å². The molecule has 0 saturated carbocycles. The van der Waals surface area contributed by atoms with Crippen molar-refractivity contribution in [3.05, 3.63) is 59.7 Å². The topological polar surface area (TPSA) is 68.3 Å². The minimum atomic E-state index is -0.431. The van der Waals surface area contributed by atoms with E-state index in [0.717, 1.165) is 5.56 Å². The summed E-state index contributed by atoms with van der Waals surface area (Å²) in [4.78, 5) is 16.2. The number of aromatic nitrogens is 2. The van der Waals surface area contributed by atoms with Crippen LogP contribution in [0.1, 0.15) is 18.2 Å². The Balaban J connectivity index is 2.03. The first kappa shape index (κ1) is 16.8. The molecular weight excluding hydrogens is 323 g/mol. The summed E-state index contributed by atoms with van der Waals surface area (Å²) in [6.45, 7) is 3.96. The van der Waals surface area contributed by atoms with Crippen molar-refractivity contribution in [2.45, 2.75) is 20.3 Å². The quantitative estimate of drug-likeness (QED) is 0.513. The number of benzene rings is 1. The number of azo groups is 1. The molecule has 0 saturated heterocycles. The average Bonchev–Trinajstić information content (AvgIpc) is 2.89. The maximum atomic E-state index is 13.6. The van der Waals surface area contributed by atoms with Gasteiger partial charge in [-0.2, -0.15) is 0 Å². The van der Waals surface area contributed by atoms with Gasteiger partial charge in [0.25, 0.3) is 0 Å². The number of esters is 1. The highest BCUT2D eigenvalue weighted by Gasteiger charge is 2.16. The molecule has 0 amide bonds. The summed E-state index contributed by atoms with van der Waals surface area (Å²) in [6.07, 6.45) is 1.21. The Bertz CT molecular complexity index is 949. The second-order valence-electron chi connectivity index (χ2n) is 5.48. The monoisotopic (exact) mass is 340 g/mol. The van der Waals surface area contributed by atoms with E-state index < -0.39 is 11.8 Å². The molecule has 0 radical (unpaired) electrons. The summed E-state index contributed by atoms with van der Waals surface area (Å²) in [5, 5.41) is 8.40. The number of pyridine rings is 1. The number of hydrogen-bond acceptors (Lipinski definition) is 5. The van der Waals surface area contributed by atoms with Crippen molar-refractivity contribution < 1.29 is 13.9 Å². The van der Waals surface area contributed by atoms with E-state index >= 15 is 0 Å². The van der Waals surface area contributed by atoms with Gasteiger partial charge in [-0.3, -0.25) is 9.20 Å². The molecule has 2 aromatic heterocycles. The molecule has 0 bridgehead atoms. The Morgan fingerprint density at radius 1 is 1.28 bits per heavy atom. The van der Waals surface area contributed by atoms with Gasteiger partial charge < -0.3 is 4.74 Å². The van der Waals surface area contributed by atoms with Gasteiger partial charge >= 0.3 is 5.97 Å². The fourth-order valence-corrected chi connectivity index (χ4v) is 2.42. The van der Waals surface area contributed by atoms with Gasteiger partial charge in [-0.1, -0.05) is 12.1 Å². The van der Waals surface area contributed by atoms with Gasteiger partial charge in [0.2, 0.25) is 0 Å². The highest BCUT2D eigenvalue weighted by atomic mass is 19.1. The van der Waals surface area contributed by atoms with Crippen molar-refractivity contribution >= 4 is 23.1 Å². The lowest BCUT2D eigenvalue weighted by Crippen LogP contribution is -2.07. The van der Waals surface area contributed by atoms with Crippen molar-refractivity contribution in [3.8, 4) is 0 Å². The first-order valence-corrected chi connectivity index (χ1v) is 7.87. The van der Waals surface area contributed by atoms with Gasteiger partial charge in [-0.25, -0.2) is 9.37 Å². The second kappa shape index (κ2) is 7.21. The number of nitrogens with zero attached hydrogens (tertiary/aromatic N) is 4. The fourth-order valence-electron chi connectivity index (χ4n) is 2.42. The third-order valence-electron chi connectivity index (χ3n) is 3.51. The normalized spacial score (nSPS) is 11.3. The molecule has 2 heterocycles. The lowest BCUT2D eigenvalue weighted by molar-refractivity contribution is -0.142. The highest BCUT2D eigenvalue weighted by Crippen LogP contribution is 2.25. The molecule has 7 heteroatoms. The lowest BCUT2D eigenvalue weighted by atomic mass is 10.2. The van der Waals surface area contributed by atoms with Crippen LogP contribution >= 0.6 is 0 Å². The standard InChI is InChI=1S/C18H17FN4O2/c1-3-25-17(24)10-15-18(22-21-14-6-4-5-12(2)9-14)23-11-13(19)7-8-16(23)20-15/h4-9,11H,3,10H2,1-2H3. The van der Waals surface area contributed by atoms with E-state index in [0.29, 0.717) is 22.8 Å². The molecule has 0 aliphatic carbocycles. The van der Waals surface area contributed by atoms with Gasteiger partial charge in [-0.05, 0) is 43.7 Å². The average molecular weight is 340 g/mol. The summed E-state index contributed by atoms with van der Waals surface area (Å²) >= 11 is 0. The molecule has 6 nitrogen and oxygen atoms in total. The van der Waals surface area contributed by atoms with Crippen LogP contribution in [0.15, 0.2) is 52.8 Å². The van der Waals surface area contributed by atoms with Crippen LogP contribution in [-0.2, 0) is 16.0 Å². The Kier molecular flexibility index (Phi) is 4.83. The van der Waals surface area contributed by atoms with E-state index in [2.05, 4.69) is 15.2 Å². The summed E-state index contributed by atoms with van der Waals surface area (Å²) in [6, 6.07) is 10.3. The molecule has 128 valence electrons. The van der Waals surface area contributed by atoms with E-state index in [-0.39, 0.29) is 13.0 Å². The number of imidazole rings is 1. The van der Waals surface area contributed by atoms with Crippen LogP contribution < -0.4 is 0 Å². The minimum Gasteiger partial charge on any atom is -0.466 e. The Labute approximate surface area is 144 Å². The predicted molar refractivity (Wildman–Crippen MR) is 90.8 cm³/mol. The number of halogens is 1. The number of carbonyl (C=O) groups is 1. The van der Waals surface area contributed by atoms with Gasteiger partial charge in [-0.15, -0.1) is 10.2 Å². The third kappa shape index (κ3) is 3.88. The van der Waals surface area contributed by atoms with Gasteiger partial charge in [0.15, 0.2) is 5.82 Å². The maximum absolute atomic E-state index is 13.6. The Morgan fingerprint density at radius 2 is 2.12 bits per heavy atom. The molecule has 0 aliphatic rings. The number of ether oxygens (including phenoxy) is 1. The van der Waals surface area contributed by atoms with Crippen LogP contribution in [0.4, 0.5) is 15.9 Å². The van der Waals surface area contributed by atoms with Crippen molar-refractivity contribution in [1.29, 1.82) is 0 Å². The Morgan fingerprint density at radius 3 is 2.88 bits per heavy atom. The van der Waals surface area contributed by atoms with Crippen LogP contribution in [0.5, 0.6) is 0 Å². The summed E-state index contributed by atoms with van der Waals surface area (Å²) < 4.78 is 20.1. The predicted octanol–water partition coefficient (Wildman–Crippen LogP) is 4.30. The van der Waals surface area contributed by atoms with Gasteiger partial charge in [0.05, 0.1) is 24.4 Å². The summed E-state index contributed by atoms with van der Waals surface area (Å²) in [7, 11) is 0. The van der Waals surface area contributed by atoms with E-state index in [1.807, 2.05) is 31.2 Å². The molecule has 0 atom stereocenters. The molecule has 0 fully saturated rings. The maximum Gasteiger partial charge on any atom is 0.312 e. The largest absolute Gasteiger partial charge is 0.466 e. The summed E-state index contributed by atoms with van der Waals surface area (Å²) in [5.74, 6) is -0.540. The smallest absolute Gasteiger partial charge is 0.312 e. The van der Waals surface area contributed by atoms with Crippen LogP contribution in [0.3, 0.4) is 0 Å². The molecule has 0 spiro atoms. The first-order chi connectivity index (χ1) is 12.1.